The van der Waals surface area contributed by atoms with Gasteiger partial charge in [-0.1, -0.05) is 61.9 Å². The lowest BCUT2D eigenvalue weighted by Gasteiger charge is -2.09. The summed E-state index contributed by atoms with van der Waals surface area (Å²) in [6.45, 7) is 2.17. The van der Waals surface area contributed by atoms with Crippen LogP contribution < -0.4 is 0 Å². The molecule has 0 aliphatic heterocycles. The molecule has 0 spiro atoms. The Bertz CT molecular complexity index is 1160. The van der Waals surface area contributed by atoms with Crippen molar-refractivity contribution in [1.82, 2.24) is 0 Å². The highest BCUT2D eigenvalue weighted by Crippen LogP contribution is 2.31. The van der Waals surface area contributed by atoms with E-state index in [1.807, 2.05) is 18.2 Å². The molecule has 0 saturated heterocycles. The van der Waals surface area contributed by atoms with Gasteiger partial charge in [0.05, 0.1) is 0 Å². The number of hydrogen-bond acceptors (Lipinski definition) is 0. The minimum Gasteiger partial charge on any atom is -0.206 e. The second kappa shape index (κ2) is 8.12. The van der Waals surface area contributed by atoms with Crippen molar-refractivity contribution in [2.24, 2.45) is 0 Å². The van der Waals surface area contributed by atoms with Crippen molar-refractivity contribution in [2.75, 3.05) is 0 Å². The van der Waals surface area contributed by atoms with Crippen LogP contribution in [0.4, 0.5) is 13.2 Å². The number of benzene rings is 4. The first-order chi connectivity index (χ1) is 14.0. The standard InChI is InChI=1S/C26H21F3/c1-2-3-4-17-5-7-18(8-6-17)19-11-12-23(24(27)14-19)21-10-9-20-15-25(28)26(29)16-22(20)13-21/h5-16H,2-4H2,1H3. The van der Waals surface area contributed by atoms with Gasteiger partial charge in [0, 0.05) is 5.56 Å². The van der Waals surface area contributed by atoms with Crippen molar-refractivity contribution in [3.05, 3.63) is 95.8 Å². The fourth-order valence-electron chi connectivity index (χ4n) is 3.58. The highest BCUT2D eigenvalue weighted by atomic mass is 19.2. The van der Waals surface area contributed by atoms with E-state index >= 15 is 0 Å². The van der Waals surface area contributed by atoms with E-state index in [-0.39, 0.29) is 5.82 Å². The highest BCUT2D eigenvalue weighted by molar-refractivity contribution is 5.88. The summed E-state index contributed by atoms with van der Waals surface area (Å²) in [6, 6.07) is 20.7. The van der Waals surface area contributed by atoms with Gasteiger partial charge in [-0.2, -0.15) is 0 Å². The predicted octanol–water partition coefficient (Wildman–Crippen LogP) is 7.93. The molecule has 0 fully saturated rings. The summed E-state index contributed by atoms with van der Waals surface area (Å²) < 4.78 is 41.8. The number of unbranched alkanes of at least 4 members (excludes halogenated alkanes) is 1. The van der Waals surface area contributed by atoms with E-state index in [4.69, 9.17) is 0 Å². The third kappa shape index (κ3) is 4.04. The van der Waals surface area contributed by atoms with Crippen LogP contribution in [-0.2, 0) is 6.42 Å². The molecule has 0 N–H and O–H groups in total. The van der Waals surface area contributed by atoms with Gasteiger partial charge in [-0.25, -0.2) is 13.2 Å². The molecule has 0 aliphatic carbocycles. The molecule has 3 heteroatoms. The maximum absolute atomic E-state index is 14.9. The third-order valence-corrected chi connectivity index (χ3v) is 5.27. The summed E-state index contributed by atoms with van der Waals surface area (Å²) in [4.78, 5) is 0. The summed E-state index contributed by atoms with van der Waals surface area (Å²) in [5.41, 5.74) is 4.11. The summed E-state index contributed by atoms with van der Waals surface area (Å²) in [5.74, 6) is -2.14. The van der Waals surface area contributed by atoms with E-state index in [1.54, 1.807) is 24.3 Å². The molecule has 0 amide bonds. The average Bonchev–Trinajstić information content (AvgIpc) is 2.73. The van der Waals surface area contributed by atoms with Gasteiger partial charge in [0.2, 0.25) is 0 Å². The number of hydrogen-bond donors (Lipinski definition) is 0. The Morgan fingerprint density at radius 2 is 1.24 bits per heavy atom. The van der Waals surface area contributed by atoms with Crippen LogP contribution in [0.25, 0.3) is 33.0 Å². The minimum atomic E-state index is -0.909. The van der Waals surface area contributed by atoms with Crippen LogP contribution >= 0.6 is 0 Å². The van der Waals surface area contributed by atoms with Gasteiger partial charge in [0.25, 0.3) is 0 Å². The van der Waals surface area contributed by atoms with Crippen molar-refractivity contribution in [3.63, 3.8) is 0 Å². The smallest absolute Gasteiger partial charge is 0.159 e. The second-order valence-corrected chi connectivity index (χ2v) is 7.32. The summed E-state index contributed by atoms with van der Waals surface area (Å²) in [5, 5.41) is 1.11. The molecule has 0 aromatic heterocycles. The zero-order valence-corrected chi connectivity index (χ0v) is 16.2. The van der Waals surface area contributed by atoms with E-state index in [2.05, 4.69) is 19.1 Å². The molecule has 4 aromatic rings. The first kappa shape index (κ1) is 19.3. The van der Waals surface area contributed by atoms with Gasteiger partial charge in [0.1, 0.15) is 5.82 Å². The Morgan fingerprint density at radius 1 is 0.586 bits per heavy atom. The van der Waals surface area contributed by atoms with E-state index in [0.29, 0.717) is 21.9 Å². The van der Waals surface area contributed by atoms with Crippen LogP contribution in [-0.4, -0.2) is 0 Å². The topological polar surface area (TPSA) is 0 Å². The molecular formula is C26H21F3. The number of rotatable bonds is 5. The van der Waals surface area contributed by atoms with Crippen LogP contribution in [0.15, 0.2) is 72.8 Å². The SMILES string of the molecule is CCCCc1ccc(-c2ccc(-c3ccc4cc(F)c(F)cc4c3)c(F)c2)cc1. The first-order valence-electron chi connectivity index (χ1n) is 9.83. The molecule has 0 radical (unpaired) electrons. The molecule has 0 atom stereocenters. The number of aryl methyl sites for hydroxylation is 1. The Balaban J connectivity index is 1.65. The lowest BCUT2D eigenvalue weighted by Crippen LogP contribution is -1.89. The van der Waals surface area contributed by atoms with Crippen molar-refractivity contribution in [2.45, 2.75) is 26.2 Å². The third-order valence-electron chi connectivity index (χ3n) is 5.27. The molecule has 0 bridgehead atoms. The number of fused-ring (bicyclic) bond motifs is 1. The maximum Gasteiger partial charge on any atom is 0.159 e. The molecule has 0 unspecified atom stereocenters. The second-order valence-electron chi connectivity index (χ2n) is 7.32. The monoisotopic (exact) mass is 390 g/mol. The molecule has 146 valence electrons. The van der Waals surface area contributed by atoms with Gasteiger partial charge in [-0.05, 0) is 70.1 Å². The Labute approximate surface area is 168 Å². The lowest BCUT2D eigenvalue weighted by molar-refractivity contribution is 0.511. The lowest BCUT2D eigenvalue weighted by atomic mass is 9.97. The van der Waals surface area contributed by atoms with Crippen molar-refractivity contribution >= 4 is 10.8 Å². The molecule has 0 aliphatic rings. The minimum absolute atomic E-state index is 0.348. The Morgan fingerprint density at radius 3 is 1.93 bits per heavy atom. The van der Waals surface area contributed by atoms with Crippen molar-refractivity contribution in [3.8, 4) is 22.3 Å². The molecule has 0 heterocycles. The normalized spacial score (nSPS) is 11.2. The van der Waals surface area contributed by atoms with Crippen LogP contribution in [0.1, 0.15) is 25.3 Å². The van der Waals surface area contributed by atoms with Gasteiger partial charge in [-0.15, -0.1) is 0 Å². The fraction of sp³-hybridized carbons (Fsp3) is 0.154. The zero-order chi connectivity index (χ0) is 20.4. The molecule has 29 heavy (non-hydrogen) atoms. The van der Waals surface area contributed by atoms with E-state index in [0.717, 1.165) is 42.5 Å². The maximum atomic E-state index is 14.9. The Hall–Kier alpha value is -3.07. The summed E-state index contributed by atoms with van der Waals surface area (Å²) in [7, 11) is 0. The number of halogens is 3. The van der Waals surface area contributed by atoms with E-state index < -0.39 is 11.6 Å². The molecule has 4 rings (SSSR count). The van der Waals surface area contributed by atoms with Gasteiger partial charge in [0.15, 0.2) is 11.6 Å². The van der Waals surface area contributed by atoms with Crippen LogP contribution in [0.2, 0.25) is 0 Å². The largest absolute Gasteiger partial charge is 0.206 e. The molecular weight excluding hydrogens is 369 g/mol. The van der Waals surface area contributed by atoms with Gasteiger partial charge < -0.3 is 0 Å². The van der Waals surface area contributed by atoms with Crippen molar-refractivity contribution in [1.29, 1.82) is 0 Å². The van der Waals surface area contributed by atoms with Crippen molar-refractivity contribution < 1.29 is 13.2 Å². The molecule has 4 aromatic carbocycles. The van der Waals surface area contributed by atoms with Crippen LogP contribution in [0.3, 0.4) is 0 Å². The summed E-state index contributed by atoms with van der Waals surface area (Å²) in [6.07, 6.45) is 3.37. The van der Waals surface area contributed by atoms with Crippen LogP contribution in [0, 0.1) is 17.5 Å². The quantitative estimate of drug-likeness (QED) is 0.324. The molecule has 0 saturated carbocycles. The van der Waals surface area contributed by atoms with E-state index in [1.165, 1.54) is 11.6 Å². The summed E-state index contributed by atoms with van der Waals surface area (Å²) >= 11 is 0. The van der Waals surface area contributed by atoms with Gasteiger partial charge in [-0.3, -0.25) is 0 Å². The van der Waals surface area contributed by atoms with Gasteiger partial charge >= 0.3 is 0 Å². The highest BCUT2D eigenvalue weighted by Gasteiger charge is 2.10. The van der Waals surface area contributed by atoms with E-state index in [9.17, 15) is 13.2 Å². The average molecular weight is 390 g/mol. The fourth-order valence-corrected chi connectivity index (χ4v) is 3.58. The zero-order valence-electron chi connectivity index (χ0n) is 16.2. The Kier molecular flexibility index (Phi) is 5.39. The predicted molar refractivity (Wildman–Crippen MR) is 113 cm³/mol. The van der Waals surface area contributed by atoms with Crippen LogP contribution in [0.5, 0.6) is 0 Å². The molecule has 0 nitrogen and oxygen atoms in total. The first-order valence-corrected chi connectivity index (χ1v) is 9.83.